The Hall–Kier alpha value is -2.79. The van der Waals surface area contributed by atoms with Crippen LogP contribution in [0.4, 0.5) is 23.7 Å². The summed E-state index contributed by atoms with van der Waals surface area (Å²) in [6, 6.07) is 11.5. The van der Waals surface area contributed by atoms with E-state index in [0.717, 1.165) is 30.1 Å². The second kappa shape index (κ2) is 11.4. The van der Waals surface area contributed by atoms with Crippen molar-refractivity contribution in [2.24, 2.45) is 0 Å². The van der Waals surface area contributed by atoms with E-state index >= 15 is 0 Å². The van der Waals surface area contributed by atoms with Gasteiger partial charge in [-0.05, 0) is 67.4 Å². The first-order chi connectivity index (χ1) is 18.6. The van der Waals surface area contributed by atoms with Gasteiger partial charge in [0, 0.05) is 40.3 Å². The van der Waals surface area contributed by atoms with Crippen LogP contribution in [0.15, 0.2) is 54.7 Å². The molecule has 3 aromatic rings. The van der Waals surface area contributed by atoms with Crippen molar-refractivity contribution < 1.29 is 22.7 Å². The third-order valence-corrected chi connectivity index (χ3v) is 8.43. The minimum atomic E-state index is -4.80. The molecule has 0 unspecified atom stereocenters. The number of nitrogens with zero attached hydrogens (tertiary/aromatic N) is 3. The molecule has 0 atom stereocenters. The molecule has 0 bridgehead atoms. The number of ether oxygens (including phenoxy) is 1. The van der Waals surface area contributed by atoms with Crippen LogP contribution in [0.2, 0.25) is 9.49 Å². The van der Waals surface area contributed by atoms with E-state index in [9.17, 15) is 18.0 Å². The highest BCUT2D eigenvalue weighted by molar-refractivity contribution is 7.15. The van der Waals surface area contributed by atoms with Crippen LogP contribution < -0.4 is 15.0 Å². The van der Waals surface area contributed by atoms with E-state index in [1.165, 1.54) is 29.5 Å². The number of hydrogen-bond acceptors (Lipinski definition) is 5. The Morgan fingerprint density at radius 2 is 1.90 bits per heavy atom. The number of aromatic nitrogens is 1. The summed E-state index contributed by atoms with van der Waals surface area (Å²) in [5.74, 6) is -0.282. The van der Waals surface area contributed by atoms with Gasteiger partial charge in [0.1, 0.15) is 5.75 Å². The number of piperidine rings is 1. The van der Waals surface area contributed by atoms with E-state index in [2.05, 4.69) is 26.0 Å². The minimum absolute atomic E-state index is 0.255. The summed E-state index contributed by atoms with van der Waals surface area (Å²) >= 11 is 13.1. The Balaban J connectivity index is 1.30. The lowest BCUT2D eigenvalue weighted by atomic mass is 9.74. The smallest absolute Gasteiger partial charge is 0.406 e. The molecule has 6 nitrogen and oxygen atoms in total. The lowest BCUT2D eigenvalue weighted by molar-refractivity contribution is -0.274. The van der Waals surface area contributed by atoms with Crippen LogP contribution in [0.1, 0.15) is 28.8 Å². The summed E-state index contributed by atoms with van der Waals surface area (Å²) in [6.45, 7) is 2.85. The molecule has 1 spiro atoms. The highest BCUT2D eigenvalue weighted by Crippen LogP contribution is 2.48. The number of urea groups is 1. The van der Waals surface area contributed by atoms with Gasteiger partial charge in [-0.3, -0.25) is 9.80 Å². The molecule has 1 fully saturated rings. The Morgan fingerprint density at radius 1 is 1.15 bits per heavy atom. The third-order valence-electron chi connectivity index (χ3n) is 7.07. The maximum atomic E-state index is 13.2. The summed E-state index contributed by atoms with van der Waals surface area (Å²) in [7, 11) is 0. The molecule has 39 heavy (non-hydrogen) atoms. The maximum Gasteiger partial charge on any atom is 0.573 e. The number of rotatable bonds is 6. The highest BCUT2D eigenvalue weighted by Gasteiger charge is 2.47. The predicted octanol–water partition coefficient (Wildman–Crippen LogP) is 7.13. The zero-order valence-electron chi connectivity index (χ0n) is 20.7. The molecule has 0 aliphatic carbocycles. The fourth-order valence-electron chi connectivity index (χ4n) is 5.15. The number of likely N-dealkylation sites (tertiary alicyclic amines) is 1. The number of carbonyl (C=O) groups is 1. The van der Waals surface area contributed by atoms with Gasteiger partial charge in [-0.25, -0.2) is 9.78 Å². The minimum Gasteiger partial charge on any atom is -0.406 e. The van der Waals surface area contributed by atoms with Gasteiger partial charge >= 0.3 is 12.4 Å². The van der Waals surface area contributed by atoms with Crippen molar-refractivity contribution in [1.82, 2.24) is 15.2 Å². The average Bonchev–Trinajstić information content (AvgIpc) is 3.45. The molecule has 2 aromatic carbocycles. The number of nitrogens with one attached hydrogen (secondary N) is 1. The van der Waals surface area contributed by atoms with E-state index in [1.807, 2.05) is 30.3 Å². The average molecular weight is 597 g/mol. The van der Waals surface area contributed by atoms with Crippen LogP contribution in [0, 0.1) is 0 Å². The molecule has 1 aromatic heterocycles. The first kappa shape index (κ1) is 27.8. The summed E-state index contributed by atoms with van der Waals surface area (Å²) in [6.07, 6.45) is 2.31. The van der Waals surface area contributed by atoms with Gasteiger partial charge in [-0.15, -0.1) is 24.5 Å². The van der Waals surface area contributed by atoms with Crippen molar-refractivity contribution in [2.45, 2.75) is 31.2 Å². The Morgan fingerprint density at radius 3 is 2.56 bits per heavy atom. The molecule has 2 aliphatic heterocycles. The first-order valence-corrected chi connectivity index (χ1v) is 13.9. The predicted molar refractivity (Wildman–Crippen MR) is 148 cm³/mol. The quantitative estimate of drug-likeness (QED) is 0.329. The Labute approximate surface area is 238 Å². The zero-order chi connectivity index (χ0) is 27.6. The van der Waals surface area contributed by atoms with Crippen LogP contribution in [0.5, 0.6) is 5.75 Å². The zero-order valence-corrected chi connectivity index (χ0v) is 23.0. The normalized spacial score (nSPS) is 17.1. The van der Waals surface area contributed by atoms with Crippen molar-refractivity contribution >= 4 is 52.3 Å². The second-order valence-electron chi connectivity index (χ2n) is 9.59. The van der Waals surface area contributed by atoms with Crippen molar-refractivity contribution in [3.63, 3.8) is 0 Å². The van der Waals surface area contributed by atoms with Crippen LogP contribution in [-0.4, -0.2) is 48.5 Å². The lowest BCUT2D eigenvalue weighted by Gasteiger charge is -2.39. The largest absolute Gasteiger partial charge is 0.573 e. The Bertz CT molecular complexity index is 1360. The standard InChI is InChI=1S/C27H25Cl2F3N4O2S/c28-19-5-3-18(4-6-19)2-1-11-35-12-9-26(10-13-35)17-36(25(37)34-16-21-15-33-24(29)39-21)23-8-7-20(14-22(23)26)38-27(30,31)32/h1-8,14-15H,9-13,16-17H2,(H,34,37)/b2-1+. The molecule has 3 heterocycles. The molecular formula is C27H25Cl2F3N4O2S. The van der Waals surface area contributed by atoms with Crippen molar-refractivity contribution in [1.29, 1.82) is 0 Å². The molecule has 206 valence electrons. The number of thiazole rings is 1. The van der Waals surface area contributed by atoms with Crippen LogP contribution in [-0.2, 0) is 12.0 Å². The number of carbonyl (C=O) groups excluding carboxylic acids is 1. The first-order valence-electron chi connectivity index (χ1n) is 12.3. The van der Waals surface area contributed by atoms with E-state index in [4.69, 9.17) is 23.2 Å². The van der Waals surface area contributed by atoms with Crippen molar-refractivity contribution in [3.8, 4) is 5.75 Å². The molecule has 5 rings (SSSR count). The van der Waals surface area contributed by atoms with Gasteiger partial charge < -0.3 is 10.1 Å². The van der Waals surface area contributed by atoms with E-state index in [0.29, 0.717) is 40.1 Å². The van der Waals surface area contributed by atoms with Gasteiger partial charge in [-0.1, -0.05) is 47.5 Å². The highest BCUT2D eigenvalue weighted by atomic mass is 35.5. The van der Waals surface area contributed by atoms with Crippen molar-refractivity contribution in [2.75, 3.05) is 31.1 Å². The summed E-state index contributed by atoms with van der Waals surface area (Å²) in [5, 5.41) is 3.57. The van der Waals surface area contributed by atoms with Gasteiger partial charge in [0.15, 0.2) is 4.47 Å². The number of hydrogen-bond donors (Lipinski definition) is 1. The molecule has 0 radical (unpaired) electrons. The van der Waals surface area contributed by atoms with Gasteiger partial charge in [-0.2, -0.15) is 0 Å². The third kappa shape index (κ3) is 6.69. The van der Waals surface area contributed by atoms with Crippen LogP contribution in [0.3, 0.4) is 0 Å². The number of halogens is 5. The summed E-state index contributed by atoms with van der Waals surface area (Å²) in [4.78, 5) is 21.9. The molecule has 1 N–H and O–H groups in total. The fourth-order valence-corrected chi connectivity index (χ4v) is 6.20. The van der Waals surface area contributed by atoms with E-state index in [-0.39, 0.29) is 18.3 Å². The number of anilines is 1. The number of amides is 2. The summed E-state index contributed by atoms with van der Waals surface area (Å²) < 4.78 is 43.5. The number of fused-ring (bicyclic) bond motifs is 2. The van der Waals surface area contributed by atoms with E-state index < -0.39 is 11.8 Å². The monoisotopic (exact) mass is 596 g/mol. The molecule has 2 aliphatic rings. The van der Waals surface area contributed by atoms with Crippen LogP contribution >= 0.6 is 34.5 Å². The number of benzene rings is 2. The van der Waals surface area contributed by atoms with Crippen molar-refractivity contribution in [3.05, 3.63) is 80.2 Å². The number of alkyl halides is 3. The van der Waals surface area contributed by atoms with Gasteiger partial charge in [0.05, 0.1) is 6.54 Å². The van der Waals surface area contributed by atoms with E-state index in [1.54, 1.807) is 11.1 Å². The molecule has 1 saturated heterocycles. The lowest BCUT2D eigenvalue weighted by Crippen LogP contribution is -2.47. The SMILES string of the molecule is O=C(NCc1cnc(Cl)s1)N1CC2(CCN(C/C=C/c3ccc(Cl)cc3)CC2)c2cc(OC(F)(F)F)ccc21. The topological polar surface area (TPSA) is 57.7 Å². The molecular weight excluding hydrogens is 572 g/mol. The maximum absolute atomic E-state index is 13.2. The van der Waals surface area contributed by atoms with Gasteiger partial charge in [0.25, 0.3) is 0 Å². The Kier molecular flexibility index (Phi) is 8.09. The molecule has 12 heteroatoms. The fraction of sp³-hybridized carbons (Fsp3) is 0.333. The second-order valence-corrected chi connectivity index (χ2v) is 11.7. The molecule has 2 amide bonds. The van der Waals surface area contributed by atoms with Crippen LogP contribution in [0.25, 0.3) is 6.08 Å². The molecule has 0 saturated carbocycles. The summed E-state index contributed by atoms with van der Waals surface area (Å²) in [5.41, 5.74) is 1.89. The van der Waals surface area contributed by atoms with Gasteiger partial charge in [0.2, 0.25) is 0 Å².